The van der Waals surface area contributed by atoms with Gasteiger partial charge in [0.25, 0.3) is 0 Å². The van der Waals surface area contributed by atoms with E-state index in [2.05, 4.69) is 277 Å². The molecule has 12 aromatic carbocycles. The van der Waals surface area contributed by atoms with E-state index in [9.17, 15) is 0 Å². The highest BCUT2D eigenvalue weighted by Gasteiger charge is 2.22. The molecule has 14 aromatic rings. The van der Waals surface area contributed by atoms with Gasteiger partial charge in [-0.2, -0.15) is 0 Å². The zero-order valence-corrected chi connectivity index (χ0v) is 40.7. The highest BCUT2D eigenvalue weighted by Crippen LogP contribution is 2.49. The molecule has 338 valence electrons. The topological polar surface area (TPSA) is 6.48 Å². The van der Waals surface area contributed by atoms with Gasteiger partial charge in [0.1, 0.15) is 0 Å². The molecule has 0 saturated carbocycles. The van der Waals surface area contributed by atoms with Crippen molar-refractivity contribution in [2.75, 3.05) is 9.80 Å². The molecule has 14 rings (SSSR count). The third-order valence-electron chi connectivity index (χ3n) is 14.3. The van der Waals surface area contributed by atoms with Gasteiger partial charge in [-0.25, -0.2) is 0 Å². The summed E-state index contributed by atoms with van der Waals surface area (Å²) in [6, 6.07) is 97.8. The van der Waals surface area contributed by atoms with E-state index in [1.165, 1.54) is 84.1 Å². The van der Waals surface area contributed by atoms with Crippen LogP contribution in [0.2, 0.25) is 0 Å². The molecule has 4 heteroatoms. The molecule has 72 heavy (non-hydrogen) atoms. The largest absolute Gasteiger partial charge is 0.310 e. The van der Waals surface area contributed by atoms with Gasteiger partial charge in [0.05, 0.1) is 11.4 Å². The van der Waals surface area contributed by atoms with Crippen molar-refractivity contribution in [3.05, 3.63) is 267 Å². The lowest BCUT2D eigenvalue weighted by Crippen LogP contribution is -2.11. The van der Waals surface area contributed by atoms with Crippen LogP contribution in [0.4, 0.5) is 34.1 Å². The SMILES string of the molecule is c1ccc(-c2ccc(N(c3ccc(-c4ccc(N(c5ccc(-c6ccccc6)cc5)c5cc6sc7ccccc7c6c6ccccc56)cc4)cc3)c3cc4sc5ccccc5c4c4ccccc34)cc2)cc1. The van der Waals surface area contributed by atoms with Crippen LogP contribution in [0.5, 0.6) is 0 Å². The summed E-state index contributed by atoms with van der Waals surface area (Å²) < 4.78 is 5.17. The first kappa shape index (κ1) is 42.1. The molecule has 2 heterocycles. The summed E-state index contributed by atoms with van der Waals surface area (Å²) >= 11 is 3.74. The summed E-state index contributed by atoms with van der Waals surface area (Å²) in [4.78, 5) is 4.87. The average Bonchev–Trinajstić information content (AvgIpc) is 4.03. The van der Waals surface area contributed by atoms with Crippen LogP contribution in [0.1, 0.15) is 0 Å². The molecule has 0 saturated heterocycles. The fourth-order valence-corrected chi connectivity index (χ4v) is 13.2. The van der Waals surface area contributed by atoms with Gasteiger partial charge in [-0.05, 0) is 117 Å². The second-order valence-electron chi connectivity index (χ2n) is 18.4. The van der Waals surface area contributed by atoms with Gasteiger partial charge in [0.2, 0.25) is 0 Å². The smallest absolute Gasteiger partial charge is 0.0554 e. The Hall–Kier alpha value is -8.80. The fraction of sp³-hybridized carbons (Fsp3) is 0. The third-order valence-corrected chi connectivity index (χ3v) is 16.5. The van der Waals surface area contributed by atoms with E-state index < -0.39 is 0 Å². The maximum atomic E-state index is 2.44. The minimum atomic E-state index is 1.10. The Labute approximate surface area is 426 Å². The monoisotopic (exact) mass is 952 g/mol. The number of benzene rings is 12. The van der Waals surface area contributed by atoms with Crippen molar-refractivity contribution < 1.29 is 0 Å². The molecule has 0 aliphatic heterocycles. The van der Waals surface area contributed by atoms with Crippen molar-refractivity contribution in [2.45, 2.75) is 0 Å². The van der Waals surface area contributed by atoms with E-state index in [-0.39, 0.29) is 0 Å². The van der Waals surface area contributed by atoms with E-state index in [1.54, 1.807) is 0 Å². The van der Waals surface area contributed by atoms with Crippen molar-refractivity contribution >= 4 is 119 Å². The zero-order chi connectivity index (χ0) is 47.5. The summed E-state index contributed by atoms with van der Waals surface area (Å²) in [5, 5.41) is 10.2. The van der Waals surface area contributed by atoms with Crippen LogP contribution >= 0.6 is 22.7 Å². The molecule has 0 fully saturated rings. The summed E-state index contributed by atoms with van der Waals surface area (Å²) in [5.41, 5.74) is 13.8. The molecular formula is C68H44N2S2. The molecule has 0 aliphatic carbocycles. The van der Waals surface area contributed by atoms with Crippen LogP contribution in [0.25, 0.3) is 95.3 Å². The first-order valence-electron chi connectivity index (χ1n) is 24.5. The van der Waals surface area contributed by atoms with Gasteiger partial charge >= 0.3 is 0 Å². The zero-order valence-electron chi connectivity index (χ0n) is 39.1. The summed E-state index contributed by atoms with van der Waals surface area (Å²) in [6.07, 6.45) is 0. The molecule has 0 bridgehead atoms. The van der Waals surface area contributed by atoms with E-state index in [0.717, 1.165) is 45.3 Å². The van der Waals surface area contributed by atoms with Crippen molar-refractivity contribution in [2.24, 2.45) is 0 Å². The quantitative estimate of drug-likeness (QED) is 0.142. The Morgan fingerprint density at radius 3 is 0.806 bits per heavy atom. The number of nitrogens with zero attached hydrogens (tertiary/aromatic N) is 2. The Balaban J connectivity index is 0.873. The predicted molar refractivity (Wildman–Crippen MR) is 313 cm³/mol. The molecule has 0 radical (unpaired) electrons. The average molecular weight is 953 g/mol. The number of hydrogen-bond acceptors (Lipinski definition) is 4. The Morgan fingerprint density at radius 2 is 0.472 bits per heavy atom. The second-order valence-corrected chi connectivity index (χ2v) is 20.6. The molecule has 0 N–H and O–H groups in total. The molecule has 0 unspecified atom stereocenters. The van der Waals surface area contributed by atoms with Crippen molar-refractivity contribution in [3.8, 4) is 33.4 Å². The lowest BCUT2D eigenvalue weighted by atomic mass is 9.99. The highest BCUT2D eigenvalue weighted by molar-refractivity contribution is 7.26. The Bertz CT molecular complexity index is 4010. The predicted octanol–water partition coefficient (Wildman–Crippen LogP) is 20.7. The summed E-state index contributed by atoms with van der Waals surface area (Å²) in [6.45, 7) is 0. The van der Waals surface area contributed by atoms with E-state index >= 15 is 0 Å². The van der Waals surface area contributed by atoms with Crippen LogP contribution in [0, 0.1) is 0 Å². The fourth-order valence-electron chi connectivity index (χ4n) is 10.8. The molecule has 2 aromatic heterocycles. The molecule has 0 aliphatic rings. The normalized spacial score (nSPS) is 11.6. The van der Waals surface area contributed by atoms with Gasteiger partial charge in [-0.3, -0.25) is 0 Å². The third kappa shape index (κ3) is 7.23. The van der Waals surface area contributed by atoms with Gasteiger partial charge in [-0.15, -0.1) is 22.7 Å². The van der Waals surface area contributed by atoms with E-state index in [1.807, 2.05) is 22.7 Å². The summed E-state index contributed by atoms with van der Waals surface area (Å²) in [5.74, 6) is 0. The van der Waals surface area contributed by atoms with Crippen molar-refractivity contribution in [1.29, 1.82) is 0 Å². The first-order chi connectivity index (χ1) is 35.7. The number of anilines is 6. The maximum Gasteiger partial charge on any atom is 0.0554 e. The van der Waals surface area contributed by atoms with Crippen molar-refractivity contribution in [1.82, 2.24) is 0 Å². The van der Waals surface area contributed by atoms with Gasteiger partial charge in [0.15, 0.2) is 0 Å². The molecule has 2 nitrogen and oxygen atoms in total. The Morgan fingerprint density at radius 1 is 0.208 bits per heavy atom. The second kappa shape index (κ2) is 17.6. The molecule has 0 amide bonds. The van der Waals surface area contributed by atoms with Crippen LogP contribution in [-0.4, -0.2) is 0 Å². The number of hydrogen-bond donors (Lipinski definition) is 0. The number of thiophene rings is 2. The van der Waals surface area contributed by atoms with Gasteiger partial charge in [-0.1, -0.05) is 194 Å². The standard InChI is InChI=1S/C68H44N2S2/c1-3-15-45(16-4-1)47-27-35-51(36-28-47)69(61-43-65-67(57-21-9-7-19-55(57)61)59-23-11-13-25-63(59)71-65)53-39-31-49(32-40-53)50-33-41-54(42-34-50)70(52-37-29-48(30-38-52)46-17-5-2-6-18-46)62-44-66-68(58-22-10-8-20-56(58)62)60-24-12-14-26-64(60)72-66/h1-44H. The summed E-state index contributed by atoms with van der Waals surface area (Å²) in [7, 11) is 0. The van der Waals surface area contributed by atoms with Crippen LogP contribution in [-0.2, 0) is 0 Å². The number of rotatable bonds is 9. The minimum absolute atomic E-state index is 1.10. The number of fused-ring (bicyclic) bond motifs is 10. The molecule has 0 atom stereocenters. The first-order valence-corrected chi connectivity index (χ1v) is 26.1. The van der Waals surface area contributed by atoms with Gasteiger partial charge in [0, 0.05) is 73.9 Å². The van der Waals surface area contributed by atoms with E-state index in [0.29, 0.717) is 0 Å². The van der Waals surface area contributed by atoms with Crippen molar-refractivity contribution in [3.63, 3.8) is 0 Å². The lowest BCUT2D eigenvalue weighted by Gasteiger charge is -2.28. The van der Waals surface area contributed by atoms with Crippen LogP contribution in [0.15, 0.2) is 267 Å². The van der Waals surface area contributed by atoms with Gasteiger partial charge < -0.3 is 9.80 Å². The Kier molecular flexibility index (Phi) is 10.3. The lowest BCUT2D eigenvalue weighted by molar-refractivity contribution is 1.30. The minimum Gasteiger partial charge on any atom is -0.310 e. The molecule has 0 spiro atoms. The van der Waals surface area contributed by atoms with E-state index in [4.69, 9.17) is 0 Å². The van der Waals surface area contributed by atoms with Crippen LogP contribution in [0.3, 0.4) is 0 Å². The maximum absolute atomic E-state index is 2.44. The van der Waals surface area contributed by atoms with Crippen LogP contribution < -0.4 is 9.80 Å². The molecular weight excluding hydrogens is 909 g/mol. The highest BCUT2D eigenvalue weighted by atomic mass is 32.1.